The van der Waals surface area contributed by atoms with Gasteiger partial charge in [0.1, 0.15) is 0 Å². The first-order chi connectivity index (χ1) is 7.48. The molecular formula is C14H22IN. The molecule has 1 N–H and O–H groups in total. The molecule has 0 radical (unpaired) electrons. The van der Waals surface area contributed by atoms with E-state index >= 15 is 0 Å². The van der Waals surface area contributed by atoms with Gasteiger partial charge in [-0.05, 0) is 65.1 Å². The van der Waals surface area contributed by atoms with Gasteiger partial charge in [0.25, 0.3) is 0 Å². The number of benzene rings is 1. The zero-order chi connectivity index (χ0) is 12.2. The predicted molar refractivity (Wildman–Crippen MR) is 79.7 cm³/mol. The van der Waals surface area contributed by atoms with Crippen LogP contribution in [-0.2, 0) is 6.42 Å². The first kappa shape index (κ1) is 14.0. The third-order valence-electron chi connectivity index (χ3n) is 3.50. The van der Waals surface area contributed by atoms with E-state index in [4.69, 9.17) is 0 Å². The lowest BCUT2D eigenvalue weighted by Crippen LogP contribution is -2.36. The number of rotatable bonds is 5. The van der Waals surface area contributed by atoms with Crippen molar-refractivity contribution in [1.82, 2.24) is 5.32 Å². The Kier molecular flexibility index (Phi) is 5.25. The molecule has 0 amide bonds. The highest BCUT2D eigenvalue weighted by molar-refractivity contribution is 14.1. The molecule has 0 aromatic heterocycles. The molecule has 0 heterocycles. The van der Waals surface area contributed by atoms with E-state index in [1.54, 1.807) is 0 Å². The highest BCUT2D eigenvalue weighted by atomic mass is 127. The number of hydrogen-bond donors (Lipinski definition) is 1. The molecule has 1 unspecified atom stereocenters. The summed E-state index contributed by atoms with van der Waals surface area (Å²) in [6, 6.07) is 8.88. The Hall–Kier alpha value is -0.0900. The Morgan fingerprint density at radius 2 is 1.81 bits per heavy atom. The second-order valence-corrected chi connectivity index (χ2v) is 6.39. The topological polar surface area (TPSA) is 12.0 Å². The Bertz CT molecular complexity index is 318. The van der Waals surface area contributed by atoms with Gasteiger partial charge in [-0.15, -0.1) is 0 Å². The van der Waals surface area contributed by atoms with E-state index in [1.807, 2.05) is 7.05 Å². The van der Waals surface area contributed by atoms with Gasteiger partial charge in [0.2, 0.25) is 0 Å². The second-order valence-electron chi connectivity index (χ2n) is 5.14. The van der Waals surface area contributed by atoms with E-state index in [0.29, 0.717) is 11.3 Å². The molecule has 0 aliphatic heterocycles. The summed E-state index contributed by atoms with van der Waals surface area (Å²) >= 11 is 2.35. The van der Waals surface area contributed by atoms with E-state index in [9.17, 15) is 0 Å². The molecule has 1 rings (SSSR count). The van der Waals surface area contributed by atoms with Crippen molar-refractivity contribution in [3.8, 4) is 0 Å². The van der Waals surface area contributed by atoms with E-state index in [0.717, 1.165) is 13.0 Å². The standard InChI is InChI=1S/C14H22IN/c1-11(2)14(3,10-16-4)9-12-5-7-13(15)8-6-12/h5-8,11,16H,9-10H2,1-4H3. The van der Waals surface area contributed by atoms with Crippen molar-refractivity contribution < 1.29 is 0 Å². The van der Waals surface area contributed by atoms with E-state index in [2.05, 4.69) is 72.9 Å². The van der Waals surface area contributed by atoms with Gasteiger partial charge in [0.05, 0.1) is 0 Å². The molecule has 1 atom stereocenters. The molecule has 1 nitrogen and oxygen atoms in total. The maximum Gasteiger partial charge on any atom is 0.0130 e. The van der Waals surface area contributed by atoms with Crippen LogP contribution in [0.3, 0.4) is 0 Å². The van der Waals surface area contributed by atoms with Crippen LogP contribution >= 0.6 is 22.6 Å². The molecule has 0 spiro atoms. The van der Waals surface area contributed by atoms with Crippen LogP contribution in [-0.4, -0.2) is 13.6 Å². The van der Waals surface area contributed by atoms with E-state index < -0.39 is 0 Å². The molecule has 90 valence electrons. The molecule has 0 bridgehead atoms. The fraction of sp³-hybridized carbons (Fsp3) is 0.571. The van der Waals surface area contributed by atoms with Gasteiger partial charge in [-0.25, -0.2) is 0 Å². The molecule has 2 heteroatoms. The lowest BCUT2D eigenvalue weighted by atomic mass is 9.74. The van der Waals surface area contributed by atoms with E-state index in [1.165, 1.54) is 9.13 Å². The maximum atomic E-state index is 3.32. The first-order valence-corrected chi connectivity index (χ1v) is 6.95. The molecule has 1 aromatic rings. The van der Waals surface area contributed by atoms with Crippen molar-refractivity contribution in [1.29, 1.82) is 0 Å². The molecule has 0 saturated heterocycles. The van der Waals surface area contributed by atoms with Crippen LogP contribution in [0.25, 0.3) is 0 Å². The van der Waals surface area contributed by atoms with Crippen molar-refractivity contribution in [3.63, 3.8) is 0 Å². The average Bonchev–Trinajstić information content (AvgIpc) is 2.22. The minimum Gasteiger partial charge on any atom is -0.319 e. The van der Waals surface area contributed by atoms with E-state index in [-0.39, 0.29) is 0 Å². The summed E-state index contributed by atoms with van der Waals surface area (Å²) in [6.45, 7) is 8.05. The Morgan fingerprint density at radius 3 is 2.25 bits per heavy atom. The monoisotopic (exact) mass is 331 g/mol. The summed E-state index contributed by atoms with van der Waals surface area (Å²) in [4.78, 5) is 0. The minimum absolute atomic E-state index is 0.335. The summed E-state index contributed by atoms with van der Waals surface area (Å²) in [7, 11) is 2.04. The minimum atomic E-state index is 0.335. The van der Waals surface area contributed by atoms with Crippen molar-refractivity contribution in [2.24, 2.45) is 11.3 Å². The fourth-order valence-corrected chi connectivity index (χ4v) is 2.30. The molecule has 0 saturated carbocycles. The van der Waals surface area contributed by atoms with Crippen LogP contribution in [0.15, 0.2) is 24.3 Å². The maximum absolute atomic E-state index is 3.32. The van der Waals surface area contributed by atoms with Crippen LogP contribution in [0.1, 0.15) is 26.3 Å². The molecule has 0 aliphatic rings. The quantitative estimate of drug-likeness (QED) is 0.811. The normalized spacial score (nSPS) is 15.1. The largest absolute Gasteiger partial charge is 0.319 e. The summed E-state index contributed by atoms with van der Waals surface area (Å²) in [6.07, 6.45) is 1.14. The molecule has 0 fully saturated rings. The number of nitrogens with one attached hydrogen (secondary N) is 1. The molecular weight excluding hydrogens is 309 g/mol. The Labute approximate surface area is 113 Å². The third-order valence-corrected chi connectivity index (χ3v) is 4.21. The fourth-order valence-electron chi connectivity index (χ4n) is 1.94. The van der Waals surface area contributed by atoms with Gasteiger partial charge in [-0.3, -0.25) is 0 Å². The highest BCUT2D eigenvalue weighted by Crippen LogP contribution is 2.30. The van der Waals surface area contributed by atoms with Gasteiger partial charge < -0.3 is 5.32 Å². The zero-order valence-electron chi connectivity index (χ0n) is 10.7. The SMILES string of the molecule is CNCC(C)(Cc1ccc(I)cc1)C(C)C. The van der Waals surface area contributed by atoms with Crippen molar-refractivity contribution in [2.75, 3.05) is 13.6 Å². The lowest BCUT2D eigenvalue weighted by Gasteiger charge is -2.34. The van der Waals surface area contributed by atoms with Gasteiger partial charge >= 0.3 is 0 Å². The van der Waals surface area contributed by atoms with Crippen molar-refractivity contribution >= 4 is 22.6 Å². The zero-order valence-corrected chi connectivity index (χ0v) is 12.8. The smallest absolute Gasteiger partial charge is 0.0130 e. The summed E-state index contributed by atoms with van der Waals surface area (Å²) in [5, 5.41) is 3.32. The first-order valence-electron chi connectivity index (χ1n) is 5.87. The van der Waals surface area contributed by atoms with Gasteiger partial charge in [-0.2, -0.15) is 0 Å². The number of halogens is 1. The second kappa shape index (κ2) is 6.01. The van der Waals surface area contributed by atoms with Gasteiger partial charge in [0, 0.05) is 10.1 Å². The van der Waals surface area contributed by atoms with Crippen LogP contribution in [0.2, 0.25) is 0 Å². The summed E-state index contributed by atoms with van der Waals surface area (Å²) < 4.78 is 1.31. The highest BCUT2D eigenvalue weighted by Gasteiger charge is 2.27. The van der Waals surface area contributed by atoms with Crippen molar-refractivity contribution in [3.05, 3.63) is 33.4 Å². The molecule has 0 aliphatic carbocycles. The van der Waals surface area contributed by atoms with Crippen LogP contribution in [0.5, 0.6) is 0 Å². The van der Waals surface area contributed by atoms with Gasteiger partial charge in [-0.1, -0.05) is 32.9 Å². The number of hydrogen-bond acceptors (Lipinski definition) is 1. The Morgan fingerprint density at radius 1 is 1.25 bits per heavy atom. The predicted octanol–water partition coefficient (Wildman–Crippen LogP) is 3.72. The van der Waals surface area contributed by atoms with Crippen LogP contribution in [0.4, 0.5) is 0 Å². The van der Waals surface area contributed by atoms with Crippen molar-refractivity contribution in [2.45, 2.75) is 27.2 Å². The Balaban J connectivity index is 2.79. The average molecular weight is 331 g/mol. The molecule has 1 aromatic carbocycles. The third kappa shape index (κ3) is 3.74. The molecule has 16 heavy (non-hydrogen) atoms. The van der Waals surface area contributed by atoms with Gasteiger partial charge in [0.15, 0.2) is 0 Å². The van der Waals surface area contributed by atoms with Crippen LogP contribution in [0, 0.1) is 14.9 Å². The lowest BCUT2D eigenvalue weighted by molar-refractivity contribution is 0.212. The summed E-state index contributed by atoms with van der Waals surface area (Å²) in [5.41, 5.74) is 1.77. The van der Waals surface area contributed by atoms with Crippen LogP contribution < -0.4 is 5.32 Å². The summed E-state index contributed by atoms with van der Waals surface area (Å²) in [5.74, 6) is 0.680.